The van der Waals surface area contributed by atoms with Crippen molar-refractivity contribution in [1.82, 2.24) is 15.1 Å². The molecule has 7 heteroatoms. The lowest BCUT2D eigenvalue weighted by Gasteiger charge is -2.35. The van der Waals surface area contributed by atoms with Crippen molar-refractivity contribution in [2.24, 2.45) is 17.8 Å². The quantitative estimate of drug-likeness (QED) is 0.794. The van der Waals surface area contributed by atoms with Gasteiger partial charge in [0.1, 0.15) is 5.82 Å². The minimum absolute atomic E-state index is 0.0710. The van der Waals surface area contributed by atoms with E-state index in [2.05, 4.69) is 17.1 Å². The highest BCUT2D eigenvalue weighted by atomic mass is 35.5. The number of amides is 2. The van der Waals surface area contributed by atoms with Crippen molar-refractivity contribution < 1.29 is 14.0 Å². The SMILES string of the molecule is CC(NC(=O)CN1CCN(C(=O)c2ccc(F)cc2Cl)CC1)C1CC2CCC1C2. The van der Waals surface area contributed by atoms with Gasteiger partial charge in [-0.2, -0.15) is 0 Å². The van der Waals surface area contributed by atoms with Crippen LogP contribution in [0.3, 0.4) is 0 Å². The third-order valence-corrected chi connectivity index (χ3v) is 7.32. The zero-order valence-corrected chi connectivity index (χ0v) is 17.6. The Morgan fingerprint density at radius 3 is 2.59 bits per heavy atom. The maximum Gasteiger partial charge on any atom is 0.255 e. The topological polar surface area (TPSA) is 52.7 Å². The van der Waals surface area contributed by atoms with Gasteiger partial charge in [0.2, 0.25) is 5.91 Å². The van der Waals surface area contributed by atoms with E-state index in [1.54, 1.807) is 4.90 Å². The molecule has 0 radical (unpaired) electrons. The number of nitrogens with one attached hydrogen (secondary N) is 1. The number of piperazine rings is 1. The molecule has 3 fully saturated rings. The van der Waals surface area contributed by atoms with Crippen molar-refractivity contribution in [3.63, 3.8) is 0 Å². The van der Waals surface area contributed by atoms with Gasteiger partial charge in [-0.3, -0.25) is 14.5 Å². The molecule has 0 aromatic heterocycles. The van der Waals surface area contributed by atoms with Gasteiger partial charge < -0.3 is 10.2 Å². The standard InChI is InChI=1S/C22H29ClFN3O2/c1-14(19-11-15-2-3-16(19)10-15)25-21(28)13-26-6-8-27(9-7-26)22(29)18-5-4-17(24)12-20(18)23/h4-5,12,14-16,19H,2-3,6-11,13H2,1H3,(H,25,28). The number of rotatable bonds is 5. The maximum atomic E-state index is 13.2. The molecular weight excluding hydrogens is 393 g/mol. The largest absolute Gasteiger partial charge is 0.352 e. The van der Waals surface area contributed by atoms with Gasteiger partial charge >= 0.3 is 0 Å². The van der Waals surface area contributed by atoms with E-state index in [1.165, 1.54) is 37.8 Å². The summed E-state index contributed by atoms with van der Waals surface area (Å²) in [5.74, 6) is 1.73. The molecule has 4 unspecified atom stereocenters. The summed E-state index contributed by atoms with van der Waals surface area (Å²) in [6, 6.07) is 4.07. The number of fused-ring (bicyclic) bond motifs is 2. The van der Waals surface area contributed by atoms with Gasteiger partial charge in [0, 0.05) is 32.2 Å². The van der Waals surface area contributed by atoms with E-state index in [1.807, 2.05) is 0 Å². The van der Waals surface area contributed by atoms with Crippen LogP contribution in [0.1, 0.15) is 43.0 Å². The van der Waals surface area contributed by atoms with Crippen LogP contribution < -0.4 is 5.32 Å². The number of carbonyl (C=O) groups is 2. The summed E-state index contributed by atoms with van der Waals surface area (Å²) in [7, 11) is 0. The summed E-state index contributed by atoms with van der Waals surface area (Å²) in [6.07, 6.45) is 5.30. The van der Waals surface area contributed by atoms with E-state index in [-0.39, 0.29) is 22.9 Å². The number of hydrogen-bond donors (Lipinski definition) is 1. The molecule has 1 N–H and O–H groups in total. The van der Waals surface area contributed by atoms with Gasteiger partial charge in [-0.1, -0.05) is 18.0 Å². The van der Waals surface area contributed by atoms with Crippen molar-refractivity contribution >= 4 is 23.4 Å². The Balaban J connectivity index is 1.23. The van der Waals surface area contributed by atoms with Crippen LogP contribution in [0, 0.1) is 23.6 Å². The van der Waals surface area contributed by atoms with E-state index in [0.717, 1.165) is 17.9 Å². The fourth-order valence-electron chi connectivity index (χ4n) is 5.46. The van der Waals surface area contributed by atoms with Gasteiger partial charge in [-0.05, 0) is 62.1 Å². The molecule has 2 aliphatic carbocycles. The monoisotopic (exact) mass is 421 g/mol. The van der Waals surface area contributed by atoms with E-state index in [9.17, 15) is 14.0 Å². The molecule has 1 aromatic rings. The fraction of sp³-hybridized carbons (Fsp3) is 0.636. The minimum atomic E-state index is -0.456. The predicted octanol–water partition coefficient (Wildman–Crippen LogP) is 3.18. The second kappa shape index (κ2) is 8.60. The van der Waals surface area contributed by atoms with Crippen molar-refractivity contribution in [1.29, 1.82) is 0 Å². The lowest BCUT2D eigenvalue weighted by molar-refractivity contribution is -0.123. The van der Waals surface area contributed by atoms with Crippen LogP contribution in [-0.2, 0) is 4.79 Å². The van der Waals surface area contributed by atoms with Gasteiger partial charge in [-0.25, -0.2) is 4.39 Å². The smallest absolute Gasteiger partial charge is 0.255 e. The number of hydrogen-bond acceptors (Lipinski definition) is 3. The first-order chi connectivity index (χ1) is 13.9. The molecule has 1 saturated heterocycles. The number of benzene rings is 1. The zero-order valence-electron chi connectivity index (χ0n) is 16.9. The van der Waals surface area contributed by atoms with Crippen molar-refractivity contribution in [2.75, 3.05) is 32.7 Å². The molecule has 2 saturated carbocycles. The fourth-order valence-corrected chi connectivity index (χ4v) is 5.71. The molecule has 1 aromatic carbocycles. The van der Waals surface area contributed by atoms with E-state index in [4.69, 9.17) is 11.6 Å². The number of carbonyl (C=O) groups excluding carboxylic acids is 2. The van der Waals surface area contributed by atoms with Crippen LogP contribution in [0.2, 0.25) is 5.02 Å². The summed E-state index contributed by atoms with van der Waals surface area (Å²) in [6.45, 7) is 4.85. The predicted molar refractivity (Wildman–Crippen MR) is 110 cm³/mol. The third kappa shape index (κ3) is 4.58. The normalized spacial score (nSPS) is 27.8. The van der Waals surface area contributed by atoms with Gasteiger partial charge in [-0.15, -0.1) is 0 Å². The van der Waals surface area contributed by atoms with Crippen LogP contribution >= 0.6 is 11.6 Å². The van der Waals surface area contributed by atoms with Gasteiger partial charge in [0.25, 0.3) is 5.91 Å². The molecule has 1 aliphatic heterocycles. The second-order valence-corrected chi connectivity index (χ2v) is 9.29. The molecule has 2 bridgehead atoms. The first kappa shape index (κ1) is 20.6. The molecule has 158 valence electrons. The van der Waals surface area contributed by atoms with E-state index in [0.29, 0.717) is 44.2 Å². The van der Waals surface area contributed by atoms with Gasteiger partial charge in [0.05, 0.1) is 17.1 Å². The summed E-state index contributed by atoms with van der Waals surface area (Å²) >= 11 is 6.02. The molecule has 2 amide bonds. The zero-order chi connectivity index (χ0) is 20.5. The molecule has 5 nitrogen and oxygen atoms in total. The lowest BCUT2D eigenvalue weighted by atomic mass is 9.84. The van der Waals surface area contributed by atoms with Crippen molar-refractivity contribution in [2.45, 2.75) is 38.6 Å². The molecule has 4 rings (SSSR count). The molecular formula is C22H29ClFN3O2. The third-order valence-electron chi connectivity index (χ3n) is 7.01. The number of nitrogens with zero attached hydrogens (tertiary/aromatic N) is 2. The first-order valence-corrected chi connectivity index (χ1v) is 11.0. The highest BCUT2D eigenvalue weighted by Gasteiger charge is 2.42. The Morgan fingerprint density at radius 1 is 1.21 bits per heavy atom. The number of halogens is 2. The van der Waals surface area contributed by atoms with Gasteiger partial charge in [0.15, 0.2) is 0 Å². The summed E-state index contributed by atoms with van der Waals surface area (Å²) in [4.78, 5) is 28.9. The second-order valence-electron chi connectivity index (χ2n) is 8.89. The Hall–Kier alpha value is -1.66. The van der Waals surface area contributed by atoms with Crippen LogP contribution in [-0.4, -0.2) is 60.4 Å². The summed E-state index contributed by atoms with van der Waals surface area (Å²) in [5, 5.41) is 3.34. The average Bonchev–Trinajstić information content (AvgIpc) is 3.31. The first-order valence-electron chi connectivity index (χ1n) is 10.7. The van der Waals surface area contributed by atoms with Crippen LogP contribution in [0.25, 0.3) is 0 Å². The highest BCUT2D eigenvalue weighted by molar-refractivity contribution is 6.33. The van der Waals surface area contributed by atoms with Crippen LogP contribution in [0.15, 0.2) is 18.2 Å². The van der Waals surface area contributed by atoms with E-state index < -0.39 is 5.82 Å². The Morgan fingerprint density at radius 2 is 1.97 bits per heavy atom. The van der Waals surface area contributed by atoms with E-state index >= 15 is 0 Å². The summed E-state index contributed by atoms with van der Waals surface area (Å²) in [5.41, 5.74) is 0.318. The molecule has 0 spiro atoms. The molecule has 1 heterocycles. The minimum Gasteiger partial charge on any atom is -0.352 e. The maximum absolute atomic E-state index is 13.2. The van der Waals surface area contributed by atoms with Crippen molar-refractivity contribution in [3.05, 3.63) is 34.6 Å². The lowest BCUT2D eigenvalue weighted by Crippen LogP contribution is -2.52. The van der Waals surface area contributed by atoms with Crippen LogP contribution in [0.4, 0.5) is 4.39 Å². The van der Waals surface area contributed by atoms with Crippen molar-refractivity contribution in [3.8, 4) is 0 Å². The Labute approximate surface area is 176 Å². The average molecular weight is 422 g/mol. The summed E-state index contributed by atoms with van der Waals surface area (Å²) < 4.78 is 13.2. The Bertz CT molecular complexity index is 781. The highest BCUT2D eigenvalue weighted by Crippen LogP contribution is 2.49. The Kier molecular flexibility index (Phi) is 6.11. The molecule has 4 atom stereocenters. The molecule has 3 aliphatic rings. The van der Waals surface area contributed by atoms with Crippen LogP contribution in [0.5, 0.6) is 0 Å². The molecule has 29 heavy (non-hydrogen) atoms.